The fourth-order valence-electron chi connectivity index (χ4n) is 3.19. The maximum atomic E-state index is 11.6. The summed E-state index contributed by atoms with van der Waals surface area (Å²) in [5.41, 5.74) is 5.15. The second-order valence-corrected chi connectivity index (χ2v) is 9.72. The van der Waals surface area contributed by atoms with Gasteiger partial charge in [-0.3, -0.25) is 0 Å². The van der Waals surface area contributed by atoms with Crippen LogP contribution in [0.1, 0.15) is 55.9 Å². The molecule has 0 fully saturated rings. The van der Waals surface area contributed by atoms with Gasteiger partial charge in [0, 0.05) is 6.26 Å². The van der Waals surface area contributed by atoms with Gasteiger partial charge in [-0.05, 0) is 59.1 Å². The molecule has 2 aromatic carbocycles. The van der Waals surface area contributed by atoms with Gasteiger partial charge in [0.05, 0.1) is 4.90 Å². The second-order valence-electron chi connectivity index (χ2n) is 7.70. The monoisotopic (exact) mass is 344 g/mol. The van der Waals surface area contributed by atoms with Crippen LogP contribution >= 0.6 is 0 Å². The van der Waals surface area contributed by atoms with Crippen LogP contribution in [0.4, 0.5) is 0 Å². The standard InChI is InChI=1S/C21H28O2S/c1-15(2)20-13-17(8-7-16(20)3)14-21(4,5)18-9-11-19(12-10-18)24(6,22)23/h7-13,15H,14H2,1-6H3. The molecule has 3 heteroatoms. The summed E-state index contributed by atoms with van der Waals surface area (Å²) in [5.74, 6) is 0.516. The molecule has 0 radical (unpaired) electrons. The zero-order chi connectivity index (χ0) is 18.1. The van der Waals surface area contributed by atoms with Crippen LogP contribution in [0.2, 0.25) is 0 Å². The molecule has 130 valence electrons. The van der Waals surface area contributed by atoms with Gasteiger partial charge in [-0.1, -0.05) is 58.0 Å². The van der Waals surface area contributed by atoms with E-state index in [9.17, 15) is 8.42 Å². The van der Waals surface area contributed by atoms with E-state index in [1.807, 2.05) is 12.1 Å². The van der Waals surface area contributed by atoms with Crippen molar-refractivity contribution < 1.29 is 8.42 Å². The Morgan fingerprint density at radius 3 is 2.08 bits per heavy atom. The number of sulfone groups is 1. The first kappa shape index (κ1) is 18.7. The molecule has 0 aliphatic carbocycles. The molecular formula is C21H28O2S. The van der Waals surface area contributed by atoms with Gasteiger partial charge in [0.1, 0.15) is 0 Å². The van der Waals surface area contributed by atoms with Crippen molar-refractivity contribution in [2.75, 3.05) is 6.26 Å². The predicted octanol–water partition coefficient (Wildman–Crippen LogP) is 5.04. The Labute approximate surface area is 146 Å². The highest BCUT2D eigenvalue weighted by Gasteiger charge is 2.22. The minimum absolute atomic E-state index is 0.0560. The van der Waals surface area contributed by atoms with E-state index >= 15 is 0 Å². The third-order valence-corrected chi connectivity index (χ3v) is 5.80. The Kier molecular flexibility index (Phi) is 5.24. The highest BCUT2D eigenvalue weighted by atomic mass is 32.2. The van der Waals surface area contributed by atoms with Gasteiger partial charge in [-0.2, -0.15) is 0 Å². The van der Waals surface area contributed by atoms with Gasteiger partial charge in [0.2, 0.25) is 0 Å². The van der Waals surface area contributed by atoms with E-state index in [-0.39, 0.29) is 5.41 Å². The highest BCUT2D eigenvalue weighted by molar-refractivity contribution is 7.90. The quantitative estimate of drug-likeness (QED) is 0.761. The van der Waals surface area contributed by atoms with Crippen molar-refractivity contribution in [1.82, 2.24) is 0 Å². The molecule has 0 aliphatic heterocycles. The smallest absolute Gasteiger partial charge is 0.175 e. The fraction of sp³-hybridized carbons (Fsp3) is 0.429. The zero-order valence-electron chi connectivity index (χ0n) is 15.6. The lowest BCUT2D eigenvalue weighted by Crippen LogP contribution is -2.20. The van der Waals surface area contributed by atoms with E-state index in [0.29, 0.717) is 10.8 Å². The van der Waals surface area contributed by atoms with Crippen LogP contribution in [0.25, 0.3) is 0 Å². The Morgan fingerprint density at radius 2 is 1.58 bits per heavy atom. The Hall–Kier alpha value is -1.61. The molecule has 0 unspecified atom stereocenters. The molecule has 2 aromatic rings. The lowest BCUT2D eigenvalue weighted by atomic mass is 9.78. The molecule has 0 saturated carbocycles. The van der Waals surface area contributed by atoms with E-state index in [0.717, 1.165) is 12.0 Å². The zero-order valence-corrected chi connectivity index (χ0v) is 16.4. The molecule has 0 bridgehead atoms. The largest absolute Gasteiger partial charge is 0.224 e. The molecule has 0 aromatic heterocycles. The van der Waals surface area contributed by atoms with Crippen molar-refractivity contribution in [1.29, 1.82) is 0 Å². The molecule has 0 N–H and O–H groups in total. The lowest BCUT2D eigenvalue weighted by molar-refractivity contribution is 0.521. The number of hydrogen-bond donors (Lipinski definition) is 0. The van der Waals surface area contributed by atoms with Crippen LogP contribution in [0.15, 0.2) is 47.4 Å². The van der Waals surface area contributed by atoms with E-state index in [1.54, 1.807) is 12.1 Å². The summed E-state index contributed by atoms with van der Waals surface area (Å²) in [6.45, 7) is 11.0. The number of hydrogen-bond acceptors (Lipinski definition) is 2. The lowest BCUT2D eigenvalue weighted by Gasteiger charge is -2.26. The normalized spacial score (nSPS) is 12.6. The molecule has 0 heterocycles. The van der Waals surface area contributed by atoms with Crippen LogP contribution in [0, 0.1) is 6.92 Å². The summed E-state index contributed by atoms with van der Waals surface area (Å²) in [6, 6.07) is 14.0. The summed E-state index contributed by atoms with van der Waals surface area (Å²) < 4.78 is 23.2. The average Bonchev–Trinajstić information content (AvgIpc) is 2.48. The average molecular weight is 345 g/mol. The first-order valence-electron chi connectivity index (χ1n) is 8.41. The fourth-order valence-corrected chi connectivity index (χ4v) is 3.82. The van der Waals surface area contributed by atoms with Crippen molar-refractivity contribution in [3.05, 3.63) is 64.7 Å². The van der Waals surface area contributed by atoms with Crippen LogP contribution in [-0.2, 0) is 21.7 Å². The van der Waals surface area contributed by atoms with Gasteiger partial charge in [-0.15, -0.1) is 0 Å². The number of aryl methyl sites for hydroxylation is 1. The molecular weight excluding hydrogens is 316 g/mol. The molecule has 24 heavy (non-hydrogen) atoms. The predicted molar refractivity (Wildman–Crippen MR) is 102 cm³/mol. The van der Waals surface area contributed by atoms with E-state index < -0.39 is 9.84 Å². The van der Waals surface area contributed by atoms with Crippen molar-refractivity contribution in [2.45, 2.75) is 57.3 Å². The van der Waals surface area contributed by atoms with E-state index in [1.165, 1.54) is 22.9 Å². The molecule has 0 atom stereocenters. The van der Waals surface area contributed by atoms with Crippen molar-refractivity contribution >= 4 is 9.84 Å². The Balaban J connectivity index is 2.29. The van der Waals surface area contributed by atoms with E-state index in [4.69, 9.17) is 0 Å². The summed E-state index contributed by atoms with van der Waals surface area (Å²) in [6.07, 6.45) is 2.16. The molecule has 2 rings (SSSR count). The van der Waals surface area contributed by atoms with Crippen molar-refractivity contribution in [3.8, 4) is 0 Å². The molecule has 0 amide bonds. The summed E-state index contributed by atoms with van der Waals surface area (Å²) >= 11 is 0. The first-order valence-corrected chi connectivity index (χ1v) is 10.3. The third-order valence-electron chi connectivity index (χ3n) is 4.68. The maximum Gasteiger partial charge on any atom is 0.175 e. The van der Waals surface area contributed by atoms with Gasteiger partial charge < -0.3 is 0 Å². The summed E-state index contributed by atoms with van der Waals surface area (Å²) in [7, 11) is -3.14. The van der Waals surface area contributed by atoms with Gasteiger partial charge in [0.15, 0.2) is 9.84 Å². The third kappa shape index (κ3) is 4.27. The van der Waals surface area contributed by atoms with Crippen molar-refractivity contribution in [3.63, 3.8) is 0 Å². The van der Waals surface area contributed by atoms with Crippen LogP contribution < -0.4 is 0 Å². The van der Waals surface area contributed by atoms with Gasteiger partial charge >= 0.3 is 0 Å². The number of benzene rings is 2. The highest BCUT2D eigenvalue weighted by Crippen LogP contribution is 2.30. The first-order chi connectivity index (χ1) is 11.0. The van der Waals surface area contributed by atoms with Crippen LogP contribution in [0.3, 0.4) is 0 Å². The topological polar surface area (TPSA) is 34.1 Å². The van der Waals surface area contributed by atoms with Gasteiger partial charge in [0.25, 0.3) is 0 Å². The molecule has 2 nitrogen and oxygen atoms in total. The van der Waals surface area contributed by atoms with Crippen molar-refractivity contribution in [2.24, 2.45) is 0 Å². The SMILES string of the molecule is Cc1ccc(CC(C)(C)c2ccc(S(C)(=O)=O)cc2)cc1C(C)C. The molecule has 0 aliphatic rings. The second kappa shape index (κ2) is 6.72. The minimum atomic E-state index is -3.14. The summed E-state index contributed by atoms with van der Waals surface area (Å²) in [4.78, 5) is 0.375. The summed E-state index contributed by atoms with van der Waals surface area (Å²) in [5, 5.41) is 0. The number of rotatable bonds is 5. The Morgan fingerprint density at radius 1 is 1.00 bits per heavy atom. The van der Waals surface area contributed by atoms with Gasteiger partial charge in [-0.25, -0.2) is 8.42 Å². The maximum absolute atomic E-state index is 11.6. The molecule has 0 saturated heterocycles. The Bertz CT molecular complexity index is 813. The minimum Gasteiger partial charge on any atom is -0.224 e. The van der Waals surface area contributed by atoms with Crippen LogP contribution in [-0.4, -0.2) is 14.7 Å². The van der Waals surface area contributed by atoms with Crippen LogP contribution in [0.5, 0.6) is 0 Å². The van der Waals surface area contributed by atoms with E-state index in [2.05, 4.69) is 52.8 Å². The molecule has 0 spiro atoms.